The Bertz CT molecular complexity index is 1090. The number of sulfonamides is 1. The van der Waals surface area contributed by atoms with Crippen LogP contribution in [-0.4, -0.2) is 57.1 Å². The summed E-state index contributed by atoms with van der Waals surface area (Å²) in [5.41, 5.74) is 1.14. The molecule has 0 spiro atoms. The Hall–Kier alpha value is -2.29. The van der Waals surface area contributed by atoms with Gasteiger partial charge in [-0.25, -0.2) is 8.42 Å². The van der Waals surface area contributed by atoms with Crippen molar-refractivity contribution in [2.75, 3.05) is 30.2 Å². The number of benzene rings is 2. The molecule has 1 N–H and O–H groups in total. The first kappa shape index (κ1) is 28.0. The van der Waals surface area contributed by atoms with Crippen LogP contribution < -0.4 is 9.62 Å². The van der Waals surface area contributed by atoms with E-state index in [2.05, 4.69) is 5.32 Å². The lowest BCUT2D eigenvalue weighted by Gasteiger charge is -2.31. The summed E-state index contributed by atoms with van der Waals surface area (Å²) in [5, 5.41) is 3.29. The molecule has 10 heteroatoms. The SMILES string of the molecule is CC(C)CNC(=O)[C@H](C)N(CCc1ccccc1)C(=O)CN(c1ccc(Cl)cc1Cl)S(C)(=O)=O. The van der Waals surface area contributed by atoms with Crippen LogP contribution in [0.4, 0.5) is 5.69 Å². The summed E-state index contributed by atoms with van der Waals surface area (Å²) in [7, 11) is -3.86. The van der Waals surface area contributed by atoms with Crippen molar-refractivity contribution in [3.05, 3.63) is 64.1 Å². The van der Waals surface area contributed by atoms with E-state index in [-0.39, 0.29) is 29.1 Å². The van der Waals surface area contributed by atoms with Gasteiger partial charge in [0.15, 0.2) is 0 Å². The van der Waals surface area contributed by atoms with Crippen LogP contribution in [0, 0.1) is 5.92 Å². The van der Waals surface area contributed by atoms with Crippen molar-refractivity contribution in [3.8, 4) is 0 Å². The van der Waals surface area contributed by atoms with Crippen molar-refractivity contribution in [2.45, 2.75) is 33.2 Å². The second-order valence-corrected chi connectivity index (χ2v) is 11.3. The molecule has 34 heavy (non-hydrogen) atoms. The maximum atomic E-state index is 13.4. The first-order valence-electron chi connectivity index (χ1n) is 10.9. The monoisotopic (exact) mass is 527 g/mol. The van der Waals surface area contributed by atoms with E-state index in [1.165, 1.54) is 23.1 Å². The summed E-state index contributed by atoms with van der Waals surface area (Å²) in [6.45, 7) is 5.80. The van der Waals surface area contributed by atoms with Crippen LogP contribution in [0.25, 0.3) is 0 Å². The lowest BCUT2D eigenvalue weighted by molar-refractivity contribution is -0.138. The van der Waals surface area contributed by atoms with Gasteiger partial charge in [-0.05, 0) is 43.0 Å². The van der Waals surface area contributed by atoms with Crippen LogP contribution >= 0.6 is 23.2 Å². The number of rotatable bonds is 11. The molecule has 1 atom stereocenters. The third-order valence-electron chi connectivity index (χ3n) is 5.19. The summed E-state index contributed by atoms with van der Waals surface area (Å²) in [5.74, 6) is -0.567. The van der Waals surface area contributed by atoms with E-state index in [4.69, 9.17) is 23.2 Å². The fourth-order valence-electron chi connectivity index (χ4n) is 3.30. The van der Waals surface area contributed by atoms with Gasteiger partial charge >= 0.3 is 0 Å². The number of hydrogen-bond acceptors (Lipinski definition) is 4. The molecule has 0 heterocycles. The van der Waals surface area contributed by atoms with Crippen molar-refractivity contribution in [1.29, 1.82) is 0 Å². The van der Waals surface area contributed by atoms with Crippen LogP contribution in [0.1, 0.15) is 26.3 Å². The minimum Gasteiger partial charge on any atom is -0.354 e. The molecule has 0 aliphatic rings. The zero-order valence-corrected chi connectivity index (χ0v) is 22.1. The van der Waals surface area contributed by atoms with E-state index in [1.54, 1.807) is 6.92 Å². The number of carbonyl (C=O) groups is 2. The van der Waals surface area contributed by atoms with Gasteiger partial charge < -0.3 is 10.2 Å². The van der Waals surface area contributed by atoms with E-state index < -0.39 is 28.5 Å². The Balaban J connectivity index is 2.32. The predicted octanol–water partition coefficient (Wildman–Crippen LogP) is 3.99. The summed E-state index contributed by atoms with van der Waals surface area (Å²) < 4.78 is 26.1. The highest BCUT2D eigenvalue weighted by Crippen LogP contribution is 2.30. The molecule has 2 aromatic rings. The third kappa shape index (κ3) is 8.18. The summed E-state index contributed by atoms with van der Waals surface area (Å²) in [6.07, 6.45) is 1.51. The molecule has 0 bridgehead atoms. The zero-order valence-electron chi connectivity index (χ0n) is 19.8. The number of amides is 2. The first-order valence-corrected chi connectivity index (χ1v) is 13.5. The summed E-state index contributed by atoms with van der Waals surface area (Å²) in [6, 6.07) is 13.1. The Morgan fingerprint density at radius 3 is 2.24 bits per heavy atom. The normalized spacial score (nSPS) is 12.3. The van der Waals surface area contributed by atoms with Gasteiger partial charge in [0.05, 0.1) is 17.0 Å². The highest BCUT2D eigenvalue weighted by atomic mass is 35.5. The van der Waals surface area contributed by atoms with Gasteiger partial charge in [-0.15, -0.1) is 0 Å². The van der Waals surface area contributed by atoms with Gasteiger partial charge in [-0.2, -0.15) is 0 Å². The second-order valence-electron chi connectivity index (χ2n) is 8.50. The molecule has 2 amide bonds. The standard InChI is InChI=1S/C24H31Cl2N3O4S/c1-17(2)15-27-24(31)18(3)28(13-12-19-8-6-5-7-9-19)23(30)16-29(34(4,32)33)22-11-10-20(25)14-21(22)26/h5-11,14,17-18H,12-13,15-16H2,1-4H3,(H,27,31)/t18-/m0/s1. The van der Waals surface area contributed by atoms with Crippen molar-refractivity contribution >= 4 is 50.7 Å². The molecule has 7 nitrogen and oxygen atoms in total. The van der Waals surface area contributed by atoms with Crippen LogP contribution in [0.5, 0.6) is 0 Å². The first-order chi connectivity index (χ1) is 15.9. The molecule has 0 saturated carbocycles. The predicted molar refractivity (Wildman–Crippen MR) is 138 cm³/mol. The van der Waals surface area contributed by atoms with E-state index in [1.807, 2.05) is 44.2 Å². The molecule has 0 aromatic heterocycles. The maximum absolute atomic E-state index is 13.4. The molecule has 0 aliphatic heterocycles. The van der Waals surface area contributed by atoms with Crippen molar-refractivity contribution < 1.29 is 18.0 Å². The number of anilines is 1. The van der Waals surface area contributed by atoms with Crippen molar-refractivity contribution in [2.24, 2.45) is 5.92 Å². The molecule has 0 unspecified atom stereocenters. The average Bonchev–Trinajstić information content (AvgIpc) is 2.76. The quantitative estimate of drug-likeness (QED) is 0.478. The number of hydrogen-bond donors (Lipinski definition) is 1. The van der Waals surface area contributed by atoms with Gasteiger partial charge in [0, 0.05) is 18.1 Å². The van der Waals surface area contributed by atoms with Crippen molar-refractivity contribution in [1.82, 2.24) is 10.2 Å². The number of halogens is 2. The maximum Gasteiger partial charge on any atom is 0.244 e. The molecule has 2 rings (SSSR count). The largest absolute Gasteiger partial charge is 0.354 e. The smallest absolute Gasteiger partial charge is 0.244 e. The Morgan fingerprint density at radius 1 is 1.03 bits per heavy atom. The molecule has 2 aromatic carbocycles. The highest BCUT2D eigenvalue weighted by molar-refractivity contribution is 7.92. The van der Waals surface area contributed by atoms with E-state index in [0.29, 0.717) is 18.0 Å². The van der Waals surface area contributed by atoms with Gasteiger partial charge in [-0.3, -0.25) is 13.9 Å². The summed E-state index contributed by atoms with van der Waals surface area (Å²) >= 11 is 12.2. The molecule has 186 valence electrons. The molecular weight excluding hydrogens is 497 g/mol. The van der Waals surface area contributed by atoms with Gasteiger partial charge in [0.2, 0.25) is 21.8 Å². The number of nitrogens with one attached hydrogen (secondary N) is 1. The van der Waals surface area contributed by atoms with E-state index in [0.717, 1.165) is 16.1 Å². The summed E-state index contributed by atoms with van der Waals surface area (Å²) in [4.78, 5) is 27.6. The third-order valence-corrected chi connectivity index (χ3v) is 6.86. The van der Waals surface area contributed by atoms with Crippen LogP contribution in [-0.2, 0) is 26.0 Å². The number of carbonyl (C=O) groups excluding carboxylic acids is 2. The van der Waals surface area contributed by atoms with Crippen LogP contribution in [0.2, 0.25) is 10.0 Å². The van der Waals surface area contributed by atoms with Gasteiger partial charge in [0.1, 0.15) is 12.6 Å². The highest BCUT2D eigenvalue weighted by Gasteiger charge is 2.30. The number of nitrogens with zero attached hydrogens (tertiary/aromatic N) is 2. The minimum absolute atomic E-state index is 0.101. The molecule has 0 fully saturated rings. The van der Waals surface area contributed by atoms with Gasteiger partial charge in [-0.1, -0.05) is 67.4 Å². The topological polar surface area (TPSA) is 86.8 Å². The lowest BCUT2D eigenvalue weighted by Crippen LogP contribution is -2.52. The Morgan fingerprint density at radius 2 is 1.68 bits per heavy atom. The van der Waals surface area contributed by atoms with Crippen molar-refractivity contribution in [3.63, 3.8) is 0 Å². The fraction of sp³-hybridized carbons (Fsp3) is 0.417. The van der Waals surface area contributed by atoms with Crippen LogP contribution in [0.3, 0.4) is 0 Å². The zero-order chi connectivity index (χ0) is 25.5. The fourth-order valence-corrected chi connectivity index (χ4v) is 4.72. The van der Waals surface area contributed by atoms with Gasteiger partial charge in [0.25, 0.3) is 0 Å². The van der Waals surface area contributed by atoms with E-state index in [9.17, 15) is 18.0 Å². The lowest BCUT2D eigenvalue weighted by atomic mass is 10.1. The Labute approximate surface area is 212 Å². The van der Waals surface area contributed by atoms with E-state index >= 15 is 0 Å². The van der Waals surface area contributed by atoms with Crippen LogP contribution in [0.15, 0.2) is 48.5 Å². The molecule has 0 saturated heterocycles. The molecule has 0 aliphatic carbocycles. The molecule has 0 radical (unpaired) electrons. The average molecular weight is 529 g/mol. The minimum atomic E-state index is -3.86. The molecular formula is C24H31Cl2N3O4S. The Kier molecular flexibility index (Phi) is 10.2. The second kappa shape index (κ2) is 12.4.